The SMILES string of the molecule is Cc1cc2c(cc1C)N(c1cc(C)c(C)c(C)c1)C(=C1N(c3cc(C)c(C)c(C)c3)c3cc(C)c(C)cc3N1c1cc(C)c(C)c(C)c1)N2c1cc(C)c(C)c(C)c1. The van der Waals surface area contributed by atoms with Crippen molar-refractivity contribution in [3.8, 4) is 0 Å². The first-order valence-corrected chi connectivity index (χ1v) is 20.9. The van der Waals surface area contributed by atoms with Crippen molar-refractivity contribution in [1.82, 2.24) is 0 Å². The van der Waals surface area contributed by atoms with E-state index in [1.54, 1.807) is 0 Å². The molecule has 0 amide bonds. The molecule has 0 spiro atoms. The van der Waals surface area contributed by atoms with E-state index in [1.165, 1.54) is 112 Å². The lowest BCUT2D eigenvalue weighted by Gasteiger charge is -2.35. The van der Waals surface area contributed by atoms with Gasteiger partial charge in [0.2, 0.25) is 0 Å². The number of nitrogens with zero attached hydrogens (tertiary/aromatic N) is 4. The summed E-state index contributed by atoms with van der Waals surface area (Å²) in [4.78, 5) is 10.3. The highest BCUT2D eigenvalue weighted by Gasteiger charge is 2.45. The number of anilines is 8. The minimum absolute atomic E-state index is 1.10. The zero-order valence-corrected chi connectivity index (χ0v) is 37.7. The van der Waals surface area contributed by atoms with Crippen LogP contribution in [0.4, 0.5) is 45.5 Å². The molecule has 0 radical (unpaired) electrons. The summed E-state index contributed by atoms with van der Waals surface area (Å²) >= 11 is 0. The Morgan fingerprint density at radius 2 is 0.362 bits per heavy atom. The standard InChI is InChI=1S/C54H60N4/c1-29-25-49-50(26-30(29)2)56(46-19-35(7)42(14)36(8)20-46)53(55(49)45-17-33(5)41(13)34(6)18-45)54-57(47-21-37(9)43(15)38(10)22-47)51-27-31(3)32(4)28-52(51)58(54)48-23-39(11)44(16)40(12)24-48/h17-28H,1-16H3. The highest BCUT2D eigenvalue weighted by molar-refractivity contribution is 6.01. The Kier molecular flexibility index (Phi) is 9.42. The predicted octanol–water partition coefficient (Wildman–Crippen LogP) is 15.0. The Labute approximate surface area is 348 Å². The first-order valence-electron chi connectivity index (χ1n) is 20.9. The molecule has 6 aromatic carbocycles. The molecule has 0 aliphatic carbocycles. The lowest BCUT2D eigenvalue weighted by Crippen LogP contribution is -2.33. The van der Waals surface area contributed by atoms with Gasteiger partial charge in [-0.2, -0.15) is 0 Å². The van der Waals surface area contributed by atoms with Crippen LogP contribution in [0.25, 0.3) is 0 Å². The normalized spacial score (nSPS) is 13.7. The van der Waals surface area contributed by atoms with Crippen LogP contribution in [-0.4, -0.2) is 0 Å². The van der Waals surface area contributed by atoms with Crippen LogP contribution in [0.15, 0.2) is 84.4 Å². The second-order valence-electron chi connectivity index (χ2n) is 17.7. The highest BCUT2D eigenvalue weighted by atomic mass is 15.5. The van der Waals surface area contributed by atoms with E-state index in [0.717, 1.165) is 34.4 Å². The van der Waals surface area contributed by atoms with Gasteiger partial charge in [-0.05, 0) is 273 Å². The van der Waals surface area contributed by atoms with Gasteiger partial charge in [-0.1, -0.05) is 0 Å². The van der Waals surface area contributed by atoms with Crippen molar-refractivity contribution < 1.29 is 0 Å². The van der Waals surface area contributed by atoms with E-state index in [-0.39, 0.29) is 0 Å². The molecule has 0 unspecified atom stereocenters. The predicted molar refractivity (Wildman–Crippen MR) is 250 cm³/mol. The third-order valence-corrected chi connectivity index (χ3v) is 13.9. The summed E-state index contributed by atoms with van der Waals surface area (Å²) in [5, 5.41) is 0. The monoisotopic (exact) mass is 764 g/mol. The van der Waals surface area contributed by atoms with E-state index >= 15 is 0 Å². The van der Waals surface area contributed by atoms with Crippen molar-refractivity contribution in [3.05, 3.63) is 173 Å². The number of aryl methyl sites for hydroxylation is 12. The molecule has 2 heterocycles. The van der Waals surface area contributed by atoms with Gasteiger partial charge in [0.25, 0.3) is 0 Å². The van der Waals surface area contributed by atoms with Crippen molar-refractivity contribution >= 4 is 45.5 Å². The van der Waals surface area contributed by atoms with E-state index < -0.39 is 0 Å². The smallest absolute Gasteiger partial charge is 0.166 e. The van der Waals surface area contributed by atoms with Crippen molar-refractivity contribution in [1.29, 1.82) is 0 Å². The van der Waals surface area contributed by atoms with Crippen molar-refractivity contribution in [2.24, 2.45) is 0 Å². The molecular formula is C54H60N4. The molecule has 4 heteroatoms. The first kappa shape index (κ1) is 39.1. The summed E-state index contributed by atoms with van der Waals surface area (Å²) in [5.74, 6) is 2.20. The Morgan fingerprint density at radius 1 is 0.207 bits per heavy atom. The summed E-state index contributed by atoms with van der Waals surface area (Å²) in [6.07, 6.45) is 0. The molecule has 0 aromatic heterocycles. The van der Waals surface area contributed by atoms with Gasteiger partial charge in [-0.3, -0.25) is 19.6 Å². The van der Waals surface area contributed by atoms with Gasteiger partial charge in [0, 0.05) is 22.7 Å². The molecule has 6 aromatic rings. The average Bonchev–Trinajstić information content (AvgIpc) is 3.65. The fraction of sp³-hybridized carbons (Fsp3) is 0.296. The maximum Gasteiger partial charge on any atom is 0.166 e. The van der Waals surface area contributed by atoms with E-state index in [1.807, 2.05) is 0 Å². The zero-order valence-electron chi connectivity index (χ0n) is 37.7. The van der Waals surface area contributed by atoms with Gasteiger partial charge in [-0.25, -0.2) is 0 Å². The van der Waals surface area contributed by atoms with Crippen LogP contribution in [0.1, 0.15) is 89.0 Å². The average molecular weight is 765 g/mol. The highest BCUT2D eigenvalue weighted by Crippen LogP contribution is 2.58. The number of hydrogen-bond acceptors (Lipinski definition) is 4. The zero-order chi connectivity index (χ0) is 41.8. The Balaban J connectivity index is 1.63. The van der Waals surface area contributed by atoms with E-state index in [9.17, 15) is 0 Å². The van der Waals surface area contributed by atoms with Crippen molar-refractivity contribution in [2.45, 2.75) is 111 Å². The van der Waals surface area contributed by atoms with Gasteiger partial charge < -0.3 is 0 Å². The molecule has 0 N–H and O–H groups in total. The van der Waals surface area contributed by atoms with Gasteiger partial charge in [0.1, 0.15) is 0 Å². The Hall–Kier alpha value is -5.74. The summed E-state index contributed by atoms with van der Waals surface area (Å²) in [6.45, 7) is 36.0. The largest absolute Gasteiger partial charge is 0.291 e. The molecule has 0 bridgehead atoms. The second kappa shape index (κ2) is 14.0. The van der Waals surface area contributed by atoms with E-state index in [0.29, 0.717) is 0 Å². The Morgan fingerprint density at radius 3 is 0.517 bits per heavy atom. The minimum Gasteiger partial charge on any atom is -0.291 e. The fourth-order valence-electron chi connectivity index (χ4n) is 8.96. The van der Waals surface area contributed by atoms with Crippen LogP contribution in [-0.2, 0) is 0 Å². The van der Waals surface area contributed by atoms with Crippen molar-refractivity contribution in [3.63, 3.8) is 0 Å². The maximum absolute atomic E-state index is 2.56. The first-order chi connectivity index (χ1) is 27.4. The third kappa shape index (κ3) is 6.03. The molecule has 2 aliphatic heterocycles. The molecule has 0 atom stereocenters. The molecule has 2 aliphatic rings. The van der Waals surface area contributed by atoms with Gasteiger partial charge in [0.15, 0.2) is 11.6 Å². The topological polar surface area (TPSA) is 13.0 Å². The molecule has 8 rings (SSSR count). The maximum atomic E-state index is 2.56. The molecule has 4 nitrogen and oxygen atoms in total. The third-order valence-electron chi connectivity index (χ3n) is 13.9. The molecular weight excluding hydrogens is 705 g/mol. The lowest BCUT2D eigenvalue weighted by molar-refractivity contribution is 1.000. The molecule has 0 saturated carbocycles. The number of hydrogen-bond donors (Lipinski definition) is 0. The molecule has 0 fully saturated rings. The molecule has 296 valence electrons. The second-order valence-corrected chi connectivity index (χ2v) is 17.7. The summed E-state index contributed by atoms with van der Waals surface area (Å²) in [7, 11) is 0. The van der Waals surface area contributed by atoms with Gasteiger partial charge >= 0.3 is 0 Å². The molecule has 0 saturated heterocycles. The van der Waals surface area contributed by atoms with Gasteiger partial charge in [0.05, 0.1) is 22.7 Å². The van der Waals surface area contributed by atoms with Crippen LogP contribution in [0.5, 0.6) is 0 Å². The van der Waals surface area contributed by atoms with Crippen LogP contribution in [0, 0.1) is 111 Å². The van der Waals surface area contributed by atoms with Crippen LogP contribution in [0.3, 0.4) is 0 Å². The van der Waals surface area contributed by atoms with Gasteiger partial charge in [-0.15, -0.1) is 0 Å². The lowest BCUT2D eigenvalue weighted by atomic mass is 10.0. The quantitative estimate of drug-likeness (QED) is 0.177. The number of benzene rings is 6. The molecule has 58 heavy (non-hydrogen) atoms. The number of rotatable bonds is 4. The van der Waals surface area contributed by atoms with E-state index in [2.05, 4.69) is 203 Å². The van der Waals surface area contributed by atoms with Crippen LogP contribution in [0.2, 0.25) is 0 Å². The van der Waals surface area contributed by atoms with Crippen LogP contribution < -0.4 is 19.6 Å². The summed E-state index contributed by atoms with van der Waals surface area (Å²) in [6, 6.07) is 28.8. The van der Waals surface area contributed by atoms with E-state index in [4.69, 9.17) is 0 Å². The summed E-state index contributed by atoms with van der Waals surface area (Å²) < 4.78 is 0. The van der Waals surface area contributed by atoms with Crippen molar-refractivity contribution in [2.75, 3.05) is 19.6 Å². The fourth-order valence-corrected chi connectivity index (χ4v) is 8.96. The minimum atomic E-state index is 1.10. The summed E-state index contributed by atoms with van der Waals surface area (Å²) in [5.41, 5.74) is 30.1. The number of fused-ring (bicyclic) bond motifs is 2. The Bertz CT molecular complexity index is 2300. The van der Waals surface area contributed by atoms with Crippen LogP contribution >= 0.6 is 0 Å².